The Labute approximate surface area is 116 Å². The van der Waals surface area contributed by atoms with E-state index >= 15 is 0 Å². The summed E-state index contributed by atoms with van der Waals surface area (Å²) in [6.45, 7) is 4.52. The van der Waals surface area contributed by atoms with E-state index < -0.39 is 0 Å². The second-order valence-corrected chi connectivity index (χ2v) is 6.99. The number of rotatable bonds is 4. The minimum atomic E-state index is 0.112. The lowest BCUT2D eigenvalue weighted by Gasteiger charge is -2.34. The van der Waals surface area contributed by atoms with Gasteiger partial charge < -0.3 is 5.32 Å². The first-order valence-corrected chi connectivity index (χ1v) is 8.21. The number of hydrogen-bond donors (Lipinski definition) is 1. The molecule has 0 saturated heterocycles. The highest BCUT2D eigenvalue weighted by molar-refractivity contribution is 8.01. The molecule has 0 unspecified atom stereocenters. The summed E-state index contributed by atoms with van der Waals surface area (Å²) in [4.78, 5) is 11.9. The second kappa shape index (κ2) is 6.52. The molecule has 0 bridgehead atoms. The quantitative estimate of drug-likeness (QED) is 0.864. The van der Waals surface area contributed by atoms with E-state index in [4.69, 9.17) is 0 Å². The first kappa shape index (κ1) is 13.8. The maximum absolute atomic E-state index is 11.9. The van der Waals surface area contributed by atoms with Crippen LogP contribution in [0.2, 0.25) is 0 Å². The highest BCUT2D eigenvalue weighted by atomic mass is 32.2. The van der Waals surface area contributed by atoms with Crippen molar-refractivity contribution in [3.63, 3.8) is 0 Å². The average molecular weight is 285 g/mol. The molecule has 0 radical (unpaired) electrons. The van der Waals surface area contributed by atoms with Gasteiger partial charge in [0.15, 0.2) is 4.34 Å². The fourth-order valence-electron chi connectivity index (χ4n) is 2.39. The molecule has 1 aromatic heterocycles. The Morgan fingerprint density at radius 2 is 2.39 bits per heavy atom. The zero-order valence-corrected chi connectivity index (χ0v) is 12.4. The van der Waals surface area contributed by atoms with Crippen LogP contribution in [0.4, 0.5) is 0 Å². The van der Waals surface area contributed by atoms with Crippen LogP contribution in [0, 0.1) is 11.8 Å². The van der Waals surface area contributed by atoms with E-state index in [9.17, 15) is 4.79 Å². The molecular formula is C12H19N3OS2. The van der Waals surface area contributed by atoms with Crippen LogP contribution in [0.5, 0.6) is 0 Å². The standard InChI is InChI=1S/C12H19N3OS2/c1-8-4-3-5-10(9(8)2)14-11(16)6-17-12-15-13-7-18-12/h7-10H,3-6H2,1-2H3,(H,14,16)/t8-,9-,10-/m1/s1. The van der Waals surface area contributed by atoms with Crippen molar-refractivity contribution >= 4 is 29.0 Å². The summed E-state index contributed by atoms with van der Waals surface area (Å²) in [6, 6.07) is 0.344. The zero-order valence-electron chi connectivity index (χ0n) is 10.8. The third-order valence-electron chi connectivity index (χ3n) is 3.72. The van der Waals surface area contributed by atoms with Gasteiger partial charge in [0.25, 0.3) is 0 Å². The van der Waals surface area contributed by atoms with Crippen LogP contribution < -0.4 is 5.32 Å². The largest absolute Gasteiger partial charge is 0.352 e. The smallest absolute Gasteiger partial charge is 0.230 e. The van der Waals surface area contributed by atoms with Gasteiger partial charge in [0.2, 0.25) is 5.91 Å². The Morgan fingerprint density at radius 1 is 1.56 bits per heavy atom. The molecule has 0 aliphatic heterocycles. The van der Waals surface area contributed by atoms with Crippen molar-refractivity contribution in [1.82, 2.24) is 15.5 Å². The van der Waals surface area contributed by atoms with E-state index in [1.165, 1.54) is 35.9 Å². The summed E-state index contributed by atoms with van der Waals surface area (Å²) in [7, 11) is 0. The SMILES string of the molecule is C[C@@H]1[C@H](C)CCC[C@H]1NC(=O)CSc1nncs1. The average Bonchev–Trinajstić information content (AvgIpc) is 2.86. The third kappa shape index (κ3) is 3.68. The summed E-state index contributed by atoms with van der Waals surface area (Å²) in [5, 5.41) is 10.8. The molecule has 1 saturated carbocycles. The molecule has 1 amide bonds. The van der Waals surface area contributed by atoms with Crippen molar-refractivity contribution in [1.29, 1.82) is 0 Å². The number of carbonyl (C=O) groups is 1. The number of aromatic nitrogens is 2. The number of nitrogens with one attached hydrogen (secondary N) is 1. The Balaban J connectivity index is 1.76. The minimum Gasteiger partial charge on any atom is -0.352 e. The maximum Gasteiger partial charge on any atom is 0.230 e. The van der Waals surface area contributed by atoms with Crippen LogP contribution in [0.1, 0.15) is 33.1 Å². The number of thioether (sulfide) groups is 1. The first-order chi connectivity index (χ1) is 8.66. The molecule has 2 rings (SSSR count). The summed E-state index contributed by atoms with van der Waals surface area (Å²) in [6.07, 6.45) is 3.62. The zero-order chi connectivity index (χ0) is 13.0. The third-order valence-corrected chi connectivity index (χ3v) is 5.58. The van der Waals surface area contributed by atoms with Gasteiger partial charge in [-0.2, -0.15) is 0 Å². The Kier molecular flexibility index (Phi) is 5.00. The van der Waals surface area contributed by atoms with Crippen LogP contribution in [0.25, 0.3) is 0 Å². The Hall–Kier alpha value is -0.620. The van der Waals surface area contributed by atoms with Crippen LogP contribution in [0.3, 0.4) is 0 Å². The first-order valence-electron chi connectivity index (χ1n) is 6.35. The maximum atomic E-state index is 11.9. The van der Waals surface area contributed by atoms with E-state index in [0.29, 0.717) is 23.6 Å². The monoisotopic (exact) mass is 285 g/mol. The lowest BCUT2D eigenvalue weighted by molar-refractivity contribution is -0.119. The second-order valence-electron chi connectivity index (χ2n) is 4.93. The van der Waals surface area contributed by atoms with Crippen LogP contribution in [0.15, 0.2) is 9.85 Å². The molecule has 1 aliphatic rings. The molecule has 100 valence electrons. The summed E-state index contributed by atoms with van der Waals surface area (Å²) >= 11 is 2.93. The van der Waals surface area contributed by atoms with Crippen molar-refractivity contribution in [2.45, 2.75) is 43.5 Å². The highest BCUT2D eigenvalue weighted by Gasteiger charge is 2.27. The van der Waals surface area contributed by atoms with Gasteiger partial charge in [-0.25, -0.2) is 0 Å². The topological polar surface area (TPSA) is 54.9 Å². The fraction of sp³-hybridized carbons (Fsp3) is 0.750. The molecule has 18 heavy (non-hydrogen) atoms. The lowest BCUT2D eigenvalue weighted by Crippen LogP contribution is -2.44. The summed E-state index contributed by atoms with van der Waals surface area (Å²) in [5.74, 6) is 1.84. The summed E-state index contributed by atoms with van der Waals surface area (Å²) < 4.78 is 0.857. The van der Waals surface area contributed by atoms with Crippen LogP contribution >= 0.6 is 23.1 Å². The number of carbonyl (C=O) groups excluding carboxylic acids is 1. The van der Waals surface area contributed by atoms with E-state index in [-0.39, 0.29) is 5.91 Å². The van der Waals surface area contributed by atoms with Gasteiger partial charge in [0.05, 0.1) is 5.75 Å². The van der Waals surface area contributed by atoms with Gasteiger partial charge >= 0.3 is 0 Å². The fourth-order valence-corrected chi connectivity index (χ4v) is 3.69. The predicted molar refractivity (Wildman–Crippen MR) is 74.7 cm³/mol. The Morgan fingerprint density at radius 3 is 3.11 bits per heavy atom. The summed E-state index contributed by atoms with van der Waals surface area (Å²) in [5.41, 5.74) is 1.69. The van der Waals surface area contributed by atoms with Crippen molar-refractivity contribution in [3.8, 4) is 0 Å². The van der Waals surface area contributed by atoms with E-state index in [0.717, 1.165) is 10.8 Å². The molecule has 1 aliphatic carbocycles. The van der Waals surface area contributed by atoms with Gasteiger partial charge in [-0.05, 0) is 18.3 Å². The van der Waals surface area contributed by atoms with Crippen molar-refractivity contribution in [2.24, 2.45) is 11.8 Å². The number of amides is 1. The van der Waals surface area contributed by atoms with E-state index in [2.05, 4.69) is 29.4 Å². The number of nitrogens with zero attached hydrogens (tertiary/aromatic N) is 2. The van der Waals surface area contributed by atoms with Gasteiger partial charge in [0, 0.05) is 6.04 Å². The molecule has 6 heteroatoms. The van der Waals surface area contributed by atoms with E-state index in [1.54, 1.807) is 5.51 Å². The molecule has 1 N–H and O–H groups in total. The van der Waals surface area contributed by atoms with Gasteiger partial charge in [-0.15, -0.1) is 10.2 Å². The molecule has 1 fully saturated rings. The van der Waals surface area contributed by atoms with Gasteiger partial charge in [-0.3, -0.25) is 4.79 Å². The van der Waals surface area contributed by atoms with Crippen LogP contribution in [-0.4, -0.2) is 27.9 Å². The van der Waals surface area contributed by atoms with Crippen molar-refractivity contribution in [3.05, 3.63) is 5.51 Å². The molecule has 4 nitrogen and oxygen atoms in total. The van der Waals surface area contributed by atoms with Crippen molar-refractivity contribution in [2.75, 3.05) is 5.75 Å². The normalized spacial score (nSPS) is 28.0. The highest BCUT2D eigenvalue weighted by Crippen LogP contribution is 2.29. The number of hydrogen-bond acceptors (Lipinski definition) is 5. The van der Waals surface area contributed by atoms with Crippen LogP contribution in [-0.2, 0) is 4.79 Å². The lowest BCUT2D eigenvalue weighted by atomic mass is 9.78. The minimum absolute atomic E-state index is 0.112. The predicted octanol–water partition coefficient (Wildman–Crippen LogP) is 2.57. The molecule has 1 heterocycles. The molecular weight excluding hydrogens is 266 g/mol. The van der Waals surface area contributed by atoms with E-state index in [1.807, 2.05) is 0 Å². The van der Waals surface area contributed by atoms with Gasteiger partial charge in [-0.1, -0.05) is 49.8 Å². The van der Waals surface area contributed by atoms with Crippen molar-refractivity contribution < 1.29 is 4.79 Å². The molecule has 0 spiro atoms. The molecule has 1 aromatic rings. The van der Waals surface area contributed by atoms with Gasteiger partial charge in [0.1, 0.15) is 5.51 Å². The Bertz CT molecular complexity index is 383. The molecule has 0 aromatic carbocycles. The molecule has 3 atom stereocenters.